The molecule has 1 saturated carbocycles. The second kappa shape index (κ2) is 7.86. The second-order valence-corrected chi connectivity index (χ2v) is 7.55. The van der Waals surface area contributed by atoms with E-state index in [-0.39, 0.29) is 29.9 Å². The fourth-order valence-corrected chi connectivity index (χ4v) is 4.38. The first-order chi connectivity index (χ1) is 13.1. The average Bonchev–Trinajstić information content (AvgIpc) is 3.06. The molecule has 144 valence electrons. The van der Waals surface area contributed by atoms with Gasteiger partial charge in [-0.05, 0) is 48.9 Å². The van der Waals surface area contributed by atoms with Crippen molar-refractivity contribution >= 4 is 0 Å². The number of aromatic nitrogens is 2. The molecular weight excluding hydrogens is 350 g/mol. The highest BCUT2D eigenvalue weighted by Crippen LogP contribution is 2.39. The molecule has 2 heterocycles. The van der Waals surface area contributed by atoms with E-state index in [0.717, 1.165) is 18.4 Å². The minimum Gasteiger partial charge on any atom is -0.472 e. The lowest BCUT2D eigenvalue weighted by atomic mass is 9.96. The molecule has 2 aromatic rings. The van der Waals surface area contributed by atoms with Crippen LogP contribution in [0.5, 0.6) is 5.88 Å². The van der Waals surface area contributed by atoms with Gasteiger partial charge in [-0.3, -0.25) is 4.90 Å². The lowest BCUT2D eigenvalue weighted by molar-refractivity contribution is 0.0365. The Hall–Kier alpha value is -2.12. The summed E-state index contributed by atoms with van der Waals surface area (Å²) in [6.45, 7) is 1.02. The molecule has 0 spiro atoms. The van der Waals surface area contributed by atoms with E-state index in [1.165, 1.54) is 12.1 Å². The molecule has 1 aliphatic heterocycles. The van der Waals surface area contributed by atoms with Crippen molar-refractivity contribution in [1.82, 2.24) is 15.1 Å². The Morgan fingerprint density at radius 2 is 1.89 bits per heavy atom. The van der Waals surface area contributed by atoms with E-state index in [9.17, 15) is 8.78 Å². The molecule has 2 N–H and O–H groups in total. The number of piperidine rings is 1. The zero-order chi connectivity index (χ0) is 18.8. The van der Waals surface area contributed by atoms with Gasteiger partial charge in [0.05, 0.1) is 0 Å². The normalized spacial score (nSPS) is 31.7. The summed E-state index contributed by atoms with van der Waals surface area (Å²) in [7, 11) is 0. The molecule has 2 aliphatic rings. The Bertz CT molecular complexity index is 735. The molecule has 0 amide bonds. The number of ether oxygens (including phenoxy) is 1. The Morgan fingerprint density at radius 3 is 2.59 bits per heavy atom. The summed E-state index contributed by atoms with van der Waals surface area (Å²) >= 11 is 0. The maximum absolute atomic E-state index is 14.1. The maximum atomic E-state index is 14.1. The van der Waals surface area contributed by atoms with Crippen LogP contribution in [0.25, 0.3) is 0 Å². The van der Waals surface area contributed by atoms with Crippen LogP contribution in [-0.2, 0) is 0 Å². The van der Waals surface area contributed by atoms with E-state index in [1.54, 1.807) is 18.3 Å². The molecule has 0 bridgehead atoms. The zero-order valence-corrected chi connectivity index (χ0v) is 15.0. The van der Waals surface area contributed by atoms with Crippen LogP contribution in [0, 0.1) is 5.82 Å². The standard InChI is InChI=1S/C20H24F2N4O/c21-15-5-3-13(4-6-15)14-8-18(26-11-16(22)10-17(23)12-26)19(9-14)27-20-2-1-7-24-25-20/h1-7,14,16-19H,8-12,23H2. The van der Waals surface area contributed by atoms with Gasteiger partial charge in [0.25, 0.3) is 0 Å². The van der Waals surface area contributed by atoms with Crippen molar-refractivity contribution in [2.45, 2.75) is 49.5 Å². The molecule has 7 heteroatoms. The highest BCUT2D eigenvalue weighted by Gasteiger charge is 2.42. The molecule has 1 aromatic heterocycles. The molecule has 5 nitrogen and oxygen atoms in total. The quantitative estimate of drug-likeness (QED) is 0.891. The van der Waals surface area contributed by atoms with E-state index < -0.39 is 6.17 Å². The first-order valence-corrected chi connectivity index (χ1v) is 9.42. The third-order valence-corrected chi connectivity index (χ3v) is 5.56. The molecule has 5 atom stereocenters. The number of nitrogens with two attached hydrogens (primary N) is 1. The molecule has 5 unspecified atom stereocenters. The Balaban J connectivity index is 1.56. The van der Waals surface area contributed by atoms with Gasteiger partial charge in [0.1, 0.15) is 18.1 Å². The topological polar surface area (TPSA) is 64.3 Å². The van der Waals surface area contributed by atoms with Crippen molar-refractivity contribution in [2.24, 2.45) is 5.73 Å². The molecule has 1 aromatic carbocycles. The van der Waals surface area contributed by atoms with Gasteiger partial charge in [-0.25, -0.2) is 8.78 Å². The zero-order valence-electron chi connectivity index (χ0n) is 15.0. The molecule has 4 rings (SSSR count). The van der Waals surface area contributed by atoms with Gasteiger partial charge in [0.15, 0.2) is 0 Å². The van der Waals surface area contributed by atoms with Gasteiger partial charge < -0.3 is 10.5 Å². The predicted octanol–water partition coefficient (Wildman–Crippen LogP) is 2.68. The second-order valence-electron chi connectivity index (χ2n) is 7.55. The lowest BCUT2D eigenvalue weighted by Crippen LogP contribution is -2.54. The number of benzene rings is 1. The highest BCUT2D eigenvalue weighted by atomic mass is 19.1. The highest BCUT2D eigenvalue weighted by molar-refractivity contribution is 5.23. The molecule has 1 saturated heterocycles. The fraction of sp³-hybridized carbons (Fsp3) is 0.500. The Kier molecular flexibility index (Phi) is 5.31. The van der Waals surface area contributed by atoms with Crippen molar-refractivity contribution in [3.05, 3.63) is 54.0 Å². The fourth-order valence-electron chi connectivity index (χ4n) is 4.38. The third kappa shape index (κ3) is 4.25. The SMILES string of the molecule is NC1CC(F)CN(C2CC(c3ccc(F)cc3)CC2Oc2cccnn2)C1. The number of nitrogens with zero attached hydrogens (tertiary/aromatic N) is 3. The predicted molar refractivity (Wildman–Crippen MR) is 97.7 cm³/mol. The number of likely N-dealkylation sites (tertiary alicyclic amines) is 1. The van der Waals surface area contributed by atoms with Crippen molar-refractivity contribution in [3.63, 3.8) is 0 Å². The third-order valence-electron chi connectivity index (χ3n) is 5.56. The molecule has 1 aliphatic carbocycles. The molecule has 27 heavy (non-hydrogen) atoms. The van der Waals surface area contributed by atoms with Crippen LogP contribution >= 0.6 is 0 Å². The van der Waals surface area contributed by atoms with Crippen LogP contribution < -0.4 is 10.5 Å². The average molecular weight is 374 g/mol. The monoisotopic (exact) mass is 374 g/mol. The summed E-state index contributed by atoms with van der Waals surface area (Å²) in [6, 6.07) is 10.0. The summed E-state index contributed by atoms with van der Waals surface area (Å²) < 4.78 is 33.6. The van der Waals surface area contributed by atoms with Gasteiger partial charge in [-0.2, -0.15) is 5.10 Å². The van der Waals surface area contributed by atoms with Gasteiger partial charge >= 0.3 is 0 Å². The Labute approximate surface area is 157 Å². The van der Waals surface area contributed by atoms with Crippen LogP contribution in [-0.4, -0.2) is 52.5 Å². The summed E-state index contributed by atoms with van der Waals surface area (Å²) in [4.78, 5) is 2.11. The smallest absolute Gasteiger partial charge is 0.233 e. The minimum atomic E-state index is -0.921. The summed E-state index contributed by atoms with van der Waals surface area (Å²) in [5.74, 6) is 0.432. The van der Waals surface area contributed by atoms with Crippen LogP contribution in [0.15, 0.2) is 42.6 Å². The van der Waals surface area contributed by atoms with Gasteiger partial charge in [0, 0.05) is 37.4 Å². The number of rotatable bonds is 4. The number of hydrogen-bond acceptors (Lipinski definition) is 5. The van der Waals surface area contributed by atoms with Crippen molar-refractivity contribution in [1.29, 1.82) is 0 Å². The van der Waals surface area contributed by atoms with E-state index >= 15 is 0 Å². The van der Waals surface area contributed by atoms with Crippen LogP contribution in [0.4, 0.5) is 8.78 Å². The molecular formula is C20H24F2N4O. The van der Waals surface area contributed by atoms with Crippen molar-refractivity contribution < 1.29 is 13.5 Å². The first kappa shape index (κ1) is 18.3. The van der Waals surface area contributed by atoms with E-state index in [2.05, 4.69) is 15.1 Å². The number of halogens is 2. The summed E-state index contributed by atoms with van der Waals surface area (Å²) in [5, 5.41) is 7.89. The molecule has 0 radical (unpaired) electrons. The van der Waals surface area contributed by atoms with E-state index in [1.807, 2.05) is 12.1 Å². The summed E-state index contributed by atoms with van der Waals surface area (Å²) in [6.07, 6.45) is 2.51. The van der Waals surface area contributed by atoms with Crippen molar-refractivity contribution in [2.75, 3.05) is 13.1 Å². The Morgan fingerprint density at radius 1 is 1.07 bits per heavy atom. The number of alkyl halides is 1. The van der Waals surface area contributed by atoms with E-state index in [0.29, 0.717) is 25.4 Å². The van der Waals surface area contributed by atoms with Crippen LogP contribution in [0.2, 0.25) is 0 Å². The maximum Gasteiger partial charge on any atom is 0.233 e. The summed E-state index contributed by atoms with van der Waals surface area (Å²) in [5.41, 5.74) is 7.13. The van der Waals surface area contributed by atoms with Crippen LogP contribution in [0.1, 0.15) is 30.7 Å². The largest absolute Gasteiger partial charge is 0.472 e. The lowest BCUT2D eigenvalue weighted by Gasteiger charge is -2.39. The molecule has 2 fully saturated rings. The van der Waals surface area contributed by atoms with Gasteiger partial charge in [-0.1, -0.05) is 12.1 Å². The van der Waals surface area contributed by atoms with E-state index in [4.69, 9.17) is 10.5 Å². The first-order valence-electron chi connectivity index (χ1n) is 9.42. The van der Waals surface area contributed by atoms with Crippen LogP contribution in [0.3, 0.4) is 0 Å². The van der Waals surface area contributed by atoms with Gasteiger partial charge in [0.2, 0.25) is 5.88 Å². The minimum absolute atomic E-state index is 0.0339. The van der Waals surface area contributed by atoms with Crippen molar-refractivity contribution in [3.8, 4) is 5.88 Å². The number of hydrogen-bond donors (Lipinski definition) is 1. The van der Waals surface area contributed by atoms with Gasteiger partial charge in [-0.15, -0.1) is 5.10 Å².